The molecular formula is C20H16BrNO2S. The number of amides is 1. The number of nitrogens with one attached hydrogen (secondary N) is 1. The van der Waals surface area contributed by atoms with Crippen LogP contribution in [0, 0.1) is 0 Å². The number of carbonyl (C=O) groups is 1. The van der Waals surface area contributed by atoms with Crippen LogP contribution >= 0.6 is 27.7 Å². The zero-order valence-electron chi connectivity index (χ0n) is 13.5. The third-order valence-electron chi connectivity index (χ3n) is 3.49. The Morgan fingerprint density at radius 3 is 2.24 bits per heavy atom. The van der Waals surface area contributed by atoms with Gasteiger partial charge in [0.2, 0.25) is 0 Å². The van der Waals surface area contributed by atoms with E-state index < -0.39 is 0 Å². The summed E-state index contributed by atoms with van der Waals surface area (Å²) in [6, 6.07) is 23.0. The Balaban J connectivity index is 1.65. The fourth-order valence-electron chi connectivity index (χ4n) is 2.21. The summed E-state index contributed by atoms with van der Waals surface area (Å²) in [4.78, 5) is 14.6. The lowest BCUT2D eigenvalue weighted by atomic mass is 10.2. The van der Waals surface area contributed by atoms with Gasteiger partial charge in [0.15, 0.2) is 0 Å². The van der Waals surface area contributed by atoms with Crippen molar-refractivity contribution in [1.82, 2.24) is 0 Å². The van der Waals surface area contributed by atoms with Crippen molar-refractivity contribution in [2.75, 3.05) is 12.4 Å². The summed E-state index contributed by atoms with van der Waals surface area (Å²) in [5.41, 5.74) is 1.32. The van der Waals surface area contributed by atoms with Gasteiger partial charge in [0, 0.05) is 25.5 Å². The topological polar surface area (TPSA) is 38.3 Å². The van der Waals surface area contributed by atoms with Gasteiger partial charge in [-0.25, -0.2) is 0 Å². The van der Waals surface area contributed by atoms with Gasteiger partial charge in [-0.05, 0) is 66.7 Å². The number of carbonyl (C=O) groups excluding carboxylic acids is 1. The third-order valence-corrected chi connectivity index (χ3v) is 5.04. The monoisotopic (exact) mass is 413 g/mol. The molecule has 0 aliphatic carbocycles. The predicted molar refractivity (Wildman–Crippen MR) is 106 cm³/mol. The van der Waals surface area contributed by atoms with E-state index in [1.807, 2.05) is 42.5 Å². The molecule has 0 atom stereocenters. The van der Waals surface area contributed by atoms with E-state index in [-0.39, 0.29) is 5.91 Å². The SMILES string of the molecule is COc1cccc(C(=O)Nc2ccc(Sc3ccc(Br)cc3)cc2)c1. The van der Waals surface area contributed by atoms with Gasteiger partial charge in [-0.1, -0.05) is 33.8 Å². The number of hydrogen-bond donors (Lipinski definition) is 1. The molecule has 3 nitrogen and oxygen atoms in total. The third kappa shape index (κ3) is 4.87. The van der Waals surface area contributed by atoms with E-state index in [1.54, 1.807) is 37.1 Å². The highest BCUT2D eigenvalue weighted by atomic mass is 79.9. The Labute approximate surface area is 159 Å². The van der Waals surface area contributed by atoms with Crippen molar-refractivity contribution < 1.29 is 9.53 Å². The molecule has 0 bridgehead atoms. The minimum Gasteiger partial charge on any atom is -0.497 e. The highest BCUT2D eigenvalue weighted by Crippen LogP contribution is 2.29. The second-order valence-corrected chi connectivity index (χ2v) is 7.33. The number of halogens is 1. The number of methoxy groups -OCH3 is 1. The molecule has 3 rings (SSSR count). The van der Waals surface area contributed by atoms with E-state index in [4.69, 9.17) is 4.74 Å². The lowest BCUT2D eigenvalue weighted by Gasteiger charge is -2.08. The number of hydrogen-bond acceptors (Lipinski definition) is 3. The molecule has 3 aromatic carbocycles. The average molecular weight is 414 g/mol. The molecule has 3 aromatic rings. The molecule has 0 heterocycles. The van der Waals surface area contributed by atoms with Crippen LogP contribution in [0.15, 0.2) is 87.1 Å². The van der Waals surface area contributed by atoms with Crippen molar-refractivity contribution in [2.24, 2.45) is 0 Å². The highest BCUT2D eigenvalue weighted by molar-refractivity contribution is 9.10. The Kier molecular flexibility index (Phi) is 5.79. The van der Waals surface area contributed by atoms with Crippen LogP contribution < -0.4 is 10.1 Å². The van der Waals surface area contributed by atoms with Crippen molar-refractivity contribution in [1.29, 1.82) is 0 Å². The summed E-state index contributed by atoms with van der Waals surface area (Å²) in [7, 11) is 1.58. The number of anilines is 1. The molecule has 0 saturated heterocycles. The largest absolute Gasteiger partial charge is 0.497 e. The predicted octanol–water partition coefficient (Wildman–Crippen LogP) is 5.86. The van der Waals surface area contributed by atoms with Crippen LogP contribution in [0.1, 0.15) is 10.4 Å². The Morgan fingerprint density at radius 2 is 1.60 bits per heavy atom. The van der Waals surface area contributed by atoms with E-state index in [1.165, 1.54) is 0 Å². The summed E-state index contributed by atoms with van der Waals surface area (Å²) in [5, 5.41) is 2.90. The molecule has 0 aliphatic heterocycles. The summed E-state index contributed by atoms with van der Waals surface area (Å²) in [6.45, 7) is 0. The van der Waals surface area contributed by atoms with Gasteiger partial charge in [0.1, 0.15) is 5.75 Å². The molecule has 25 heavy (non-hydrogen) atoms. The van der Waals surface area contributed by atoms with Crippen LogP contribution in [0.5, 0.6) is 5.75 Å². The first-order chi connectivity index (χ1) is 12.1. The second-order valence-electron chi connectivity index (χ2n) is 5.27. The molecule has 1 N–H and O–H groups in total. The van der Waals surface area contributed by atoms with E-state index in [9.17, 15) is 4.79 Å². The van der Waals surface area contributed by atoms with E-state index in [0.29, 0.717) is 11.3 Å². The van der Waals surface area contributed by atoms with Crippen LogP contribution in [0.25, 0.3) is 0 Å². The Morgan fingerprint density at radius 1 is 0.960 bits per heavy atom. The Bertz CT molecular complexity index is 864. The molecule has 1 amide bonds. The van der Waals surface area contributed by atoms with Crippen LogP contribution in [0.2, 0.25) is 0 Å². The maximum atomic E-state index is 12.3. The quantitative estimate of drug-likeness (QED) is 0.568. The maximum Gasteiger partial charge on any atom is 0.255 e. The molecule has 0 unspecified atom stereocenters. The van der Waals surface area contributed by atoms with Crippen LogP contribution in [0.3, 0.4) is 0 Å². The summed E-state index contributed by atoms with van der Waals surface area (Å²) in [6.07, 6.45) is 0. The Hall–Kier alpha value is -2.24. The van der Waals surface area contributed by atoms with Crippen molar-refractivity contribution in [3.63, 3.8) is 0 Å². The number of ether oxygens (including phenoxy) is 1. The van der Waals surface area contributed by atoms with Crippen LogP contribution in [-0.4, -0.2) is 13.0 Å². The van der Waals surface area contributed by atoms with Gasteiger partial charge < -0.3 is 10.1 Å². The van der Waals surface area contributed by atoms with Crippen molar-refractivity contribution >= 4 is 39.3 Å². The molecule has 0 spiro atoms. The van der Waals surface area contributed by atoms with E-state index in [0.717, 1.165) is 20.0 Å². The van der Waals surface area contributed by atoms with Gasteiger partial charge in [0.25, 0.3) is 5.91 Å². The van der Waals surface area contributed by atoms with Gasteiger partial charge >= 0.3 is 0 Å². The lowest BCUT2D eigenvalue weighted by molar-refractivity contribution is 0.102. The van der Waals surface area contributed by atoms with Crippen molar-refractivity contribution in [3.05, 3.63) is 82.8 Å². The molecule has 0 aliphatic rings. The van der Waals surface area contributed by atoms with Crippen LogP contribution in [0.4, 0.5) is 5.69 Å². The van der Waals surface area contributed by atoms with Gasteiger partial charge in [-0.2, -0.15) is 0 Å². The minimum atomic E-state index is -0.160. The van der Waals surface area contributed by atoms with E-state index >= 15 is 0 Å². The summed E-state index contributed by atoms with van der Waals surface area (Å²) < 4.78 is 6.21. The first-order valence-corrected chi connectivity index (χ1v) is 9.24. The minimum absolute atomic E-state index is 0.160. The van der Waals surface area contributed by atoms with Gasteiger partial charge in [-0.15, -0.1) is 0 Å². The molecule has 5 heteroatoms. The van der Waals surface area contributed by atoms with Gasteiger partial charge in [-0.3, -0.25) is 4.79 Å². The number of benzene rings is 3. The van der Waals surface area contributed by atoms with E-state index in [2.05, 4.69) is 33.4 Å². The molecule has 0 radical (unpaired) electrons. The lowest BCUT2D eigenvalue weighted by Crippen LogP contribution is -2.11. The van der Waals surface area contributed by atoms with Gasteiger partial charge in [0.05, 0.1) is 7.11 Å². The molecule has 0 fully saturated rings. The zero-order valence-corrected chi connectivity index (χ0v) is 15.9. The maximum absolute atomic E-state index is 12.3. The van der Waals surface area contributed by atoms with Crippen LogP contribution in [-0.2, 0) is 0 Å². The van der Waals surface area contributed by atoms with Crippen molar-refractivity contribution in [3.8, 4) is 5.75 Å². The first-order valence-electron chi connectivity index (χ1n) is 7.63. The molecule has 126 valence electrons. The first kappa shape index (κ1) is 17.6. The molecule has 0 saturated carbocycles. The molecular weight excluding hydrogens is 398 g/mol. The average Bonchev–Trinajstić information content (AvgIpc) is 2.65. The highest BCUT2D eigenvalue weighted by Gasteiger charge is 2.07. The standard InChI is InChI=1S/C20H16BrNO2S/c1-24-17-4-2-3-14(13-17)20(23)22-16-7-11-19(12-8-16)25-18-9-5-15(21)6-10-18/h2-13H,1H3,(H,22,23). The fraction of sp³-hybridized carbons (Fsp3) is 0.0500. The molecule has 0 aromatic heterocycles. The summed E-state index contributed by atoms with van der Waals surface area (Å²) in [5.74, 6) is 0.501. The smallest absolute Gasteiger partial charge is 0.255 e. The number of rotatable bonds is 5. The fourth-order valence-corrected chi connectivity index (χ4v) is 3.29. The second kappa shape index (κ2) is 8.23. The summed E-state index contributed by atoms with van der Waals surface area (Å²) >= 11 is 5.11. The normalized spacial score (nSPS) is 10.3. The zero-order chi connectivity index (χ0) is 17.6. The van der Waals surface area contributed by atoms with Crippen molar-refractivity contribution in [2.45, 2.75) is 9.79 Å².